The number of thioether (sulfide) groups is 1. The molecule has 0 nitrogen and oxygen atoms in total. The predicted molar refractivity (Wildman–Crippen MR) is 42.6 cm³/mol. The van der Waals surface area contributed by atoms with Crippen molar-refractivity contribution in [3.63, 3.8) is 0 Å². The number of rotatable bonds is 0. The van der Waals surface area contributed by atoms with E-state index < -0.39 is 0 Å². The van der Waals surface area contributed by atoms with Gasteiger partial charge in [0.1, 0.15) is 0 Å². The SMILES string of the molecule is C1=CC2CSCC2C=C1. The first kappa shape index (κ1) is 5.60. The van der Waals surface area contributed by atoms with E-state index in [2.05, 4.69) is 36.1 Å². The van der Waals surface area contributed by atoms with Crippen LogP contribution < -0.4 is 0 Å². The molecule has 0 saturated carbocycles. The van der Waals surface area contributed by atoms with Gasteiger partial charge in [-0.25, -0.2) is 0 Å². The van der Waals surface area contributed by atoms with Gasteiger partial charge < -0.3 is 0 Å². The highest BCUT2D eigenvalue weighted by atomic mass is 32.2. The highest BCUT2D eigenvalue weighted by molar-refractivity contribution is 7.99. The lowest BCUT2D eigenvalue weighted by Crippen LogP contribution is -2.08. The summed E-state index contributed by atoms with van der Waals surface area (Å²) >= 11 is 2.08. The molecule has 1 aliphatic carbocycles. The van der Waals surface area contributed by atoms with Gasteiger partial charge in [0.2, 0.25) is 0 Å². The van der Waals surface area contributed by atoms with Crippen LogP contribution in [0, 0.1) is 11.8 Å². The number of hydrogen-bond acceptors (Lipinski definition) is 1. The molecule has 2 rings (SSSR count). The predicted octanol–water partition coefficient (Wildman–Crippen LogP) is 2.09. The summed E-state index contributed by atoms with van der Waals surface area (Å²) in [7, 11) is 0. The molecule has 2 unspecified atom stereocenters. The summed E-state index contributed by atoms with van der Waals surface area (Å²) in [5.74, 6) is 4.40. The summed E-state index contributed by atoms with van der Waals surface area (Å²) in [5.41, 5.74) is 0. The van der Waals surface area contributed by atoms with Crippen molar-refractivity contribution in [1.29, 1.82) is 0 Å². The standard InChI is InChI=1S/C8H10S/c1-2-4-8-6-9-5-7(8)3-1/h1-4,7-8H,5-6H2. The average Bonchev–Trinajstić information content (AvgIpc) is 2.33. The lowest BCUT2D eigenvalue weighted by atomic mass is 9.92. The van der Waals surface area contributed by atoms with Gasteiger partial charge >= 0.3 is 0 Å². The third-order valence-corrected chi connectivity index (χ3v) is 3.24. The normalized spacial score (nSPS) is 39.1. The van der Waals surface area contributed by atoms with Gasteiger partial charge in [0.05, 0.1) is 0 Å². The summed E-state index contributed by atoms with van der Waals surface area (Å²) in [6, 6.07) is 0. The summed E-state index contributed by atoms with van der Waals surface area (Å²) < 4.78 is 0. The first-order chi connectivity index (χ1) is 4.47. The van der Waals surface area contributed by atoms with Crippen LogP contribution in [0.25, 0.3) is 0 Å². The maximum Gasteiger partial charge on any atom is 0.000183 e. The van der Waals surface area contributed by atoms with E-state index in [1.165, 1.54) is 11.5 Å². The average molecular weight is 138 g/mol. The Bertz CT molecular complexity index is 140. The van der Waals surface area contributed by atoms with E-state index in [4.69, 9.17) is 0 Å². The fourth-order valence-corrected chi connectivity index (χ4v) is 2.79. The van der Waals surface area contributed by atoms with Gasteiger partial charge in [0.25, 0.3) is 0 Å². The molecule has 2 aliphatic rings. The molecule has 2 atom stereocenters. The quantitative estimate of drug-likeness (QED) is 0.494. The van der Waals surface area contributed by atoms with Crippen LogP contribution in [0.15, 0.2) is 24.3 Å². The molecule has 1 heteroatoms. The molecule has 0 amide bonds. The van der Waals surface area contributed by atoms with Crippen molar-refractivity contribution in [2.75, 3.05) is 11.5 Å². The minimum atomic E-state index is 0.861. The van der Waals surface area contributed by atoms with Crippen molar-refractivity contribution in [3.8, 4) is 0 Å². The van der Waals surface area contributed by atoms with E-state index in [-0.39, 0.29) is 0 Å². The second-order valence-corrected chi connectivity index (χ2v) is 3.71. The molecule has 0 radical (unpaired) electrons. The van der Waals surface area contributed by atoms with Crippen molar-refractivity contribution in [3.05, 3.63) is 24.3 Å². The van der Waals surface area contributed by atoms with E-state index in [0.717, 1.165) is 11.8 Å². The zero-order valence-corrected chi connectivity index (χ0v) is 6.10. The third-order valence-electron chi connectivity index (χ3n) is 2.00. The Balaban J connectivity index is 2.18. The van der Waals surface area contributed by atoms with Crippen LogP contribution >= 0.6 is 11.8 Å². The van der Waals surface area contributed by atoms with Gasteiger partial charge in [0, 0.05) is 11.5 Å². The lowest BCUT2D eigenvalue weighted by Gasteiger charge is -2.12. The fraction of sp³-hybridized carbons (Fsp3) is 0.500. The van der Waals surface area contributed by atoms with Crippen molar-refractivity contribution in [1.82, 2.24) is 0 Å². The van der Waals surface area contributed by atoms with Crippen LogP contribution in [0.4, 0.5) is 0 Å². The van der Waals surface area contributed by atoms with E-state index in [1.54, 1.807) is 0 Å². The largest absolute Gasteiger partial charge is 0.161 e. The molecule has 1 aliphatic heterocycles. The fourth-order valence-electron chi connectivity index (χ4n) is 1.40. The molecule has 9 heavy (non-hydrogen) atoms. The molecule has 1 saturated heterocycles. The van der Waals surface area contributed by atoms with Crippen LogP contribution in [-0.4, -0.2) is 11.5 Å². The first-order valence-corrected chi connectivity index (χ1v) is 4.55. The van der Waals surface area contributed by atoms with E-state index in [1.807, 2.05) is 0 Å². The smallest absolute Gasteiger partial charge is 0.000183 e. The molecule has 0 spiro atoms. The van der Waals surface area contributed by atoms with Crippen LogP contribution in [0.1, 0.15) is 0 Å². The Labute approximate surface area is 60.0 Å². The number of fused-ring (bicyclic) bond motifs is 1. The second kappa shape index (κ2) is 2.22. The molecule has 0 aromatic heterocycles. The molecule has 1 heterocycles. The Morgan fingerprint density at radius 3 is 2.11 bits per heavy atom. The van der Waals surface area contributed by atoms with Crippen molar-refractivity contribution < 1.29 is 0 Å². The minimum absolute atomic E-state index is 0.861. The molecular formula is C8H10S. The zero-order chi connectivity index (χ0) is 6.10. The van der Waals surface area contributed by atoms with Crippen LogP contribution in [0.2, 0.25) is 0 Å². The third kappa shape index (κ3) is 0.940. The van der Waals surface area contributed by atoms with E-state index in [0.29, 0.717) is 0 Å². The maximum absolute atomic E-state index is 2.34. The molecule has 48 valence electrons. The molecule has 0 aromatic carbocycles. The summed E-state index contributed by atoms with van der Waals surface area (Å²) in [6.07, 6.45) is 9.02. The summed E-state index contributed by atoms with van der Waals surface area (Å²) in [5, 5.41) is 0. The molecular weight excluding hydrogens is 128 g/mol. The maximum atomic E-state index is 2.34. The highest BCUT2D eigenvalue weighted by Crippen LogP contribution is 2.33. The van der Waals surface area contributed by atoms with Gasteiger partial charge in [-0.05, 0) is 11.8 Å². The second-order valence-electron chi connectivity index (χ2n) is 2.63. The molecule has 0 aromatic rings. The molecule has 1 fully saturated rings. The lowest BCUT2D eigenvalue weighted by molar-refractivity contribution is 0.595. The Morgan fingerprint density at radius 1 is 1.00 bits per heavy atom. The molecule has 0 N–H and O–H groups in total. The van der Waals surface area contributed by atoms with Gasteiger partial charge in [-0.1, -0.05) is 24.3 Å². The highest BCUT2D eigenvalue weighted by Gasteiger charge is 2.23. The summed E-state index contributed by atoms with van der Waals surface area (Å²) in [4.78, 5) is 0. The zero-order valence-electron chi connectivity index (χ0n) is 5.29. The Morgan fingerprint density at radius 2 is 1.56 bits per heavy atom. The van der Waals surface area contributed by atoms with Crippen LogP contribution in [-0.2, 0) is 0 Å². The van der Waals surface area contributed by atoms with E-state index in [9.17, 15) is 0 Å². The van der Waals surface area contributed by atoms with Crippen molar-refractivity contribution >= 4 is 11.8 Å². The minimum Gasteiger partial charge on any atom is -0.161 e. The van der Waals surface area contributed by atoms with E-state index >= 15 is 0 Å². The Kier molecular flexibility index (Phi) is 1.38. The summed E-state index contributed by atoms with van der Waals surface area (Å²) in [6.45, 7) is 0. The van der Waals surface area contributed by atoms with Gasteiger partial charge in [-0.3, -0.25) is 0 Å². The number of allylic oxidation sites excluding steroid dienone is 4. The van der Waals surface area contributed by atoms with Crippen LogP contribution in [0.5, 0.6) is 0 Å². The Hall–Kier alpha value is -0.170. The number of hydrogen-bond donors (Lipinski definition) is 0. The van der Waals surface area contributed by atoms with Crippen molar-refractivity contribution in [2.24, 2.45) is 11.8 Å². The van der Waals surface area contributed by atoms with Gasteiger partial charge in [-0.15, -0.1) is 0 Å². The van der Waals surface area contributed by atoms with Gasteiger partial charge in [0.15, 0.2) is 0 Å². The van der Waals surface area contributed by atoms with Crippen molar-refractivity contribution in [2.45, 2.75) is 0 Å². The van der Waals surface area contributed by atoms with Crippen LogP contribution in [0.3, 0.4) is 0 Å². The van der Waals surface area contributed by atoms with Gasteiger partial charge in [-0.2, -0.15) is 11.8 Å². The first-order valence-electron chi connectivity index (χ1n) is 3.39. The topological polar surface area (TPSA) is 0 Å². The molecule has 0 bridgehead atoms. The monoisotopic (exact) mass is 138 g/mol.